The van der Waals surface area contributed by atoms with Crippen LogP contribution in [0, 0.1) is 6.92 Å². The van der Waals surface area contributed by atoms with Crippen molar-refractivity contribution in [1.82, 2.24) is 14.8 Å². The first-order valence-electron chi connectivity index (χ1n) is 9.72. The van der Waals surface area contributed by atoms with Gasteiger partial charge in [0.25, 0.3) is 0 Å². The van der Waals surface area contributed by atoms with E-state index in [1.165, 1.54) is 11.8 Å². The number of carbonyl (C=O) groups excluding carboxylic acids is 1. The van der Waals surface area contributed by atoms with E-state index >= 15 is 0 Å². The van der Waals surface area contributed by atoms with E-state index in [2.05, 4.69) is 16.8 Å². The normalized spacial score (nSPS) is 10.6. The predicted molar refractivity (Wildman–Crippen MR) is 118 cm³/mol. The fourth-order valence-electron chi connectivity index (χ4n) is 2.83. The zero-order chi connectivity index (χ0) is 21.3. The van der Waals surface area contributed by atoms with Crippen molar-refractivity contribution in [3.8, 4) is 11.5 Å². The van der Waals surface area contributed by atoms with Crippen LogP contribution in [-0.4, -0.2) is 32.9 Å². The third kappa shape index (κ3) is 5.51. The van der Waals surface area contributed by atoms with E-state index in [0.717, 1.165) is 5.56 Å². The van der Waals surface area contributed by atoms with E-state index in [1.807, 2.05) is 66.9 Å². The molecule has 0 spiro atoms. The summed E-state index contributed by atoms with van der Waals surface area (Å²) >= 11 is 1.36. The predicted octanol–water partition coefficient (Wildman–Crippen LogP) is 4.73. The molecule has 0 unspecified atom stereocenters. The summed E-state index contributed by atoms with van der Waals surface area (Å²) in [5.41, 5.74) is 1.79. The van der Waals surface area contributed by atoms with Gasteiger partial charge in [0.1, 0.15) is 6.61 Å². The Morgan fingerprint density at radius 1 is 1.13 bits per heavy atom. The quantitative estimate of drug-likeness (QED) is 0.252. The molecule has 0 amide bonds. The lowest BCUT2D eigenvalue weighted by Crippen LogP contribution is -2.09. The molecule has 1 aromatic heterocycles. The van der Waals surface area contributed by atoms with Gasteiger partial charge in [0, 0.05) is 12.1 Å². The van der Waals surface area contributed by atoms with Crippen LogP contribution in [0.2, 0.25) is 0 Å². The van der Waals surface area contributed by atoms with Crippen LogP contribution >= 0.6 is 11.8 Å². The van der Waals surface area contributed by atoms with Crippen LogP contribution in [0.15, 0.2) is 66.3 Å². The summed E-state index contributed by atoms with van der Waals surface area (Å²) in [7, 11) is 0. The van der Waals surface area contributed by atoms with Crippen molar-refractivity contribution >= 4 is 17.5 Å². The van der Waals surface area contributed by atoms with Crippen molar-refractivity contribution < 1.29 is 14.3 Å². The maximum atomic E-state index is 12.4. The average Bonchev–Trinajstić information content (AvgIpc) is 3.14. The molecule has 0 bridgehead atoms. The molecule has 0 saturated carbocycles. The summed E-state index contributed by atoms with van der Waals surface area (Å²) < 4.78 is 13.5. The smallest absolute Gasteiger partial charge is 0.192 e. The second-order valence-electron chi connectivity index (χ2n) is 6.55. The van der Waals surface area contributed by atoms with E-state index in [4.69, 9.17) is 9.47 Å². The third-order valence-electron chi connectivity index (χ3n) is 4.29. The highest BCUT2D eigenvalue weighted by Gasteiger charge is 2.15. The number of hydrogen-bond donors (Lipinski definition) is 0. The van der Waals surface area contributed by atoms with Crippen molar-refractivity contribution in [2.75, 3.05) is 12.4 Å². The summed E-state index contributed by atoms with van der Waals surface area (Å²) in [4.78, 5) is 12.4. The molecule has 0 aliphatic carbocycles. The van der Waals surface area contributed by atoms with Crippen molar-refractivity contribution in [2.24, 2.45) is 0 Å². The molecule has 0 N–H and O–H groups in total. The largest absolute Gasteiger partial charge is 0.490 e. The van der Waals surface area contributed by atoms with Gasteiger partial charge in [-0.15, -0.1) is 16.8 Å². The number of ketones is 1. The summed E-state index contributed by atoms with van der Waals surface area (Å²) in [6, 6.07) is 15.0. The minimum atomic E-state index is 0.0487. The molecule has 0 radical (unpaired) electrons. The van der Waals surface area contributed by atoms with Crippen LogP contribution in [0.3, 0.4) is 0 Å². The van der Waals surface area contributed by atoms with Gasteiger partial charge in [0.05, 0.1) is 12.4 Å². The Morgan fingerprint density at radius 3 is 2.67 bits per heavy atom. The summed E-state index contributed by atoms with van der Waals surface area (Å²) in [5, 5.41) is 9.17. The number of ether oxygens (including phenoxy) is 2. The molecule has 0 atom stereocenters. The molecular formula is C23H25N3O3S. The molecule has 30 heavy (non-hydrogen) atoms. The monoisotopic (exact) mass is 423 g/mol. The summed E-state index contributed by atoms with van der Waals surface area (Å²) in [6.45, 7) is 9.08. The minimum Gasteiger partial charge on any atom is -0.490 e. The van der Waals surface area contributed by atoms with Gasteiger partial charge in [-0.1, -0.05) is 54.2 Å². The van der Waals surface area contributed by atoms with Gasteiger partial charge in [0.15, 0.2) is 28.3 Å². The Kier molecular flexibility index (Phi) is 7.68. The molecule has 3 aromatic rings. The summed E-state index contributed by atoms with van der Waals surface area (Å²) in [6.07, 6.45) is 1.77. The van der Waals surface area contributed by atoms with Gasteiger partial charge in [-0.25, -0.2) is 0 Å². The first-order chi connectivity index (χ1) is 14.6. The topological polar surface area (TPSA) is 66.2 Å². The van der Waals surface area contributed by atoms with Crippen molar-refractivity contribution in [3.63, 3.8) is 0 Å². The van der Waals surface area contributed by atoms with Gasteiger partial charge in [-0.2, -0.15) is 0 Å². The van der Waals surface area contributed by atoms with Gasteiger partial charge >= 0.3 is 0 Å². The number of allylic oxidation sites excluding steroid dienone is 1. The molecule has 7 heteroatoms. The average molecular weight is 424 g/mol. The van der Waals surface area contributed by atoms with Gasteiger partial charge in [-0.05, 0) is 31.5 Å². The Labute approximate surface area is 180 Å². The van der Waals surface area contributed by atoms with Crippen LogP contribution in [0.5, 0.6) is 11.5 Å². The Hall–Kier alpha value is -3.06. The number of thioether (sulfide) groups is 1. The van der Waals surface area contributed by atoms with Crippen molar-refractivity contribution in [3.05, 3.63) is 78.1 Å². The zero-order valence-electron chi connectivity index (χ0n) is 17.2. The molecule has 1 heterocycles. The standard InChI is InChI=1S/C23H25N3O3S/c1-4-13-26-22(15-29-20-12-11-17(3)14-21(20)28-5-2)24-25-23(26)30-16-19(27)18-9-7-6-8-10-18/h4,6-12,14H,1,5,13,15-16H2,2-3H3. The second kappa shape index (κ2) is 10.6. The fourth-order valence-corrected chi connectivity index (χ4v) is 3.69. The van der Waals surface area contributed by atoms with Gasteiger partial charge in [-0.3, -0.25) is 9.36 Å². The number of Topliss-reactive ketones (excluding diaryl/α,β-unsaturated/α-hetero) is 1. The molecule has 0 fully saturated rings. The van der Waals surface area contributed by atoms with E-state index in [9.17, 15) is 4.79 Å². The number of carbonyl (C=O) groups is 1. The Morgan fingerprint density at radius 2 is 1.93 bits per heavy atom. The summed E-state index contributed by atoms with van der Waals surface area (Å²) in [5.74, 6) is 2.35. The van der Waals surface area contributed by atoms with Crippen LogP contribution in [0.25, 0.3) is 0 Å². The zero-order valence-corrected chi connectivity index (χ0v) is 18.0. The number of benzene rings is 2. The van der Waals surface area contributed by atoms with E-state index in [0.29, 0.717) is 41.2 Å². The number of nitrogens with zero attached hydrogens (tertiary/aromatic N) is 3. The van der Waals surface area contributed by atoms with E-state index < -0.39 is 0 Å². The van der Waals surface area contributed by atoms with Crippen LogP contribution in [0.4, 0.5) is 0 Å². The first-order valence-corrected chi connectivity index (χ1v) is 10.7. The van der Waals surface area contributed by atoms with Gasteiger partial charge < -0.3 is 9.47 Å². The van der Waals surface area contributed by atoms with Crippen LogP contribution < -0.4 is 9.47 Å². The number of aromatic nitrogens is 3. The third-order valence-corrected chi connectivity index (χ3v) is 5.26. The SMILES string of the molecule is C=CCn1c(COc2ccc(C)cc2OCC)nnc1SCC(=O)c1ccccc1. The number of hydrogen-bond acceptors (Lipinski definition) is 6. The van der Waals surface area contributed by atoms with E-state index in [-0.39, 0.29) is 18.1 Å². The molecule has 0 aliphatic heterocycles. The first kappa shape index (κ1) is 21.6. The number of rotatable bonds is 11. The lowest BCUT2D eigenvalue weighted by Gasteiger charge is -2.13. The molecule has 0 saturated heterocycles. The molecular weight excluding hydrogens is 398 g/mol. The van der Waals surface area contributed by atoms with Crippen molar-refractivity contribution in [2.45, 2.75) is 32.2 Å². The number of aryl methyl sites for hydroxylation is 1. The van der Waals surface area contributed by atoms with Crippen LogP contribution in [-0.2, 0) is 13.2 Å². The molecule has 2 aromatic carbocycles. The maximum Gasteiger partial charge on any atom is 0.192 e. The molecule has 3 rings (SSSR count). The van der Waals surface area contributed by atoms with Gasteiger partial charge in [0.2, 0.25) is 0 Å². The highest BCUT2D eigenvalue weighted by Crippen LogP contribution is 2.29. The Bertz CT molecular complexity index is 1000. The van der Waals surface area contributed by atoms with Crippen molar-refractivity contribution in [1.29, 1.82) is 0 Å². The second-order valence-corrected chi connectivity index (χ2v) is 7.49. The molecule has 0 aliphatic rings. The maximum absolute atomic E-state index is 12.4. The lowest BCUT2D eigenvalue weighted by molar-refractivity contribution is 0.102. The lowest BCUT2D eigenvalue weighted by atomic mass is 10.2. The van der Waals surface area contributed by atoms with Crippen LogP contribution in [0.1, 0.15) is 28.7 Å². The highest BCUT2D eigenvalue weighted by molar-refractivity contribution is 7.99. The minimum absolute atomic E-state index is 0.0487. The Balaban J connectivity index is 1.70. The fraction of sp³-hybridized carbons (Fsp3) is 0.261. The van der Waals surface area contributed by atoms with E-state index in [1.54, 1.807) is 6.08 Å². The molecule has 156 valence electrons. The highest BCUT2D eigenvalue weighted by atomic mass is 32.2. The molecule has 6 nitrogen and oxygen atoms in total.